The summed E-state index contributed by atoms with van der Waals surface area (Å²) in [5.41, 5.74) is 2.03. The van der Waals surface area contributed by atoms with Gasteiger partial charge in [0.2, 0.25) is 0 Å². The summed E-state index contributed by atoms with van der Waals surface area (Å²) in [7, 11) is 0. The van der Waals surface area contributed by atoms with Gasteiger partial charge in [-0.05, 0) is 51.3 Å². The lowest BCUT2D eigenvalue weighted by Gasteiger charge is -2.32. The van der Waals surface area contributed by atoms with Crippen molar-refractivity contribution < 1.29 is 24.9 Å². The van der Waals surface area contributed by atoms with E-state index >= 15 is 0 Å². The highest BCUT2D eigenvalue weighted by Gasteiger charge is 2.35. The van der Waals surface area contributed by atoms with E-state index in [1.807, 2.05) is 89.2 Å². The van der Waals surface area contributed by atoms with Crippen LogP contribution in [-0.2, 0) is 32.9 Å². The first-order valence-corrected chi connectivity index (χ1v) is 13.4. The van der Waals surface area contributed by atoms with Gasteiger partial charge in [-0.15, -0.1) is 0 Å². The molecule has 5 nitrogen and oxygen atoms in total. The molecule has 0 aliphatic heterocycles. The fourth-order valence-corrected chi connectivity index (χ4v) is 4.92. The Morgan fingerprint density at radius 3 is 1.42 bits per heavy atom. The molecule has 38 heavy (non-hydrogen) atoms. The highest BCUT2D eigenvalue weighted by molar-refractivity contribution is 6.12. The maximum absolute atomic E-state index is 14.5. The van der Waals surface area contributed by atoms with Crippen LogP contribution in [-0.4, -0.2) is 27.1 Å². The summed E-state index contributed by atoms with van der Waals surface area (Å²) in [6.45, 7) is 25.4. The number of ketones is 1. The molecular formula is C33H48O5. The molecule has 2 aromatic carbocycles. The maximum Gasteiger partial charge on any atom is 0.306 e. The lowest BCUT2D eigenvalue weighted by atomic mass is 9.72. The summed E-state index contributed by atoms with van der Waals surface area (Å²) in [6.07, 6.45) is 0.152. The number of phenols is 2. The minimum Gasteiger partial charge on any atom is -0.507 e. The summed E-state index contributed by atoms with van der Waals surface area (Å²) >= 11 is 0. The zero-order chi connectivity index (χ0) is 29.8. The van der Waals surface area contributed by atoms with E-state index in [0.717, 1.165) is 0 Å². The predicted molar refractivity (Wildman–Crippen MR) is 155 cm³/mol. The molecule has 2 aromatic rings. The van der Waals surface area contributed by atoms with Gasteiger partial charge in [-0.2, -0.15) is 0 Å². The third kappa shape index (κ3) is 6.42. The Labute approximate surface area is 229 Å². The number of carbonyl (C=O) groups is 2. The molecule has 1 atom stereocenters. The number of carboxylic acids is 1. The van der Waals surface area contributed by atoms with Crippen LogP contribution in [0.15, 0.2) is 18.2 Å². The van der Waals surface area contributed by atoms with E-state index in [9.17, 15) is 24.9 Å². The maximum atomic E-state index is 14.5. The molecule has 0 aliphatic rings. The Balaban J connectivity index is 3.10. The van der Waals surface area contributed by atoms with E-state index in [1.54, 1.807) is 19.1 Å². The Hall–Kier alpha value is -2.82. The molecule has 0 saturated heterocycles. The number of aliphatic carboxylic acids is 1. The standard InChI is InChI=1S/C33H48O5/c1-18(29(37)38)14-19-15-23(32(8,9)10)28(36)25(33(11,12)13)24(19)26(34)20-16-21(30(2,3)4)27(35)22(17-20)31(5,6)7/h15-18,35-36H,14H2,1-13H3,(H,37,38). The van der Waals surface area contributed by atoms with Gasteiger partial charge in [-0.1, -0.05) is 96.1 Å². The Kier molecular flexibility index (Phi) is 8.31. The van der Waals surface area contributed by atoms with E-state index in [-0.39, 0.29) is 23.7 Å². The van der Waals surface area contributed by atoms with Crippen molar-refractivity contribution in [2.45, 2.75) is 118 Å². The highest BCUT2D eigenvalue weighted by atomic mass is 16.4. The van der Waals surface area contributed by atoms with Crippen molar-refractivity contribution in [3.05, 3.63) is 57.1 Å². The molecule has 1 unspecified atom stereocenters. The van der Waals surface area contributed by atoms with Crippen LogP contribution in [0, 0.1) is 5.92 Å². The SMILES string of the molecule is CC(Cc1cc(C(C)(C)C)c(O)c(C(C)(C)C)c1C(=O)c1cc(C(C)(C)C)c(O)c(C(C)(C)C)c1)C(=O)O. The minimum absolute atomic E-state index is 0.0750. The number of aromatic hydroxyl groups is 2. The fourth-order valence-electron chi connectivity index (χ4n) is 4.92. The molecule has 5 heteroatoms. The second kappa shape index (κ2) is 10.1. The number of benzene rings is 2. The van der Waals surface area contributed by atoms with Gasteiger partial charge in [0.05, 0.1) is 5.92 Å². The third-order valence-corrected chi connectivity index (χ3v) is 7.10. The predicted octanol–water partition coefficient (Wildman–Crippen LogP) is 7.78. The van der Waals surface area contributed by atoms with Gasteiger partial charge in [-0.3, -0.25) is 9.59 Å². The zero-order valence-corrected chi connectivity index (χ0v) is 25.7. The van der Waals surface area contributed by atoms with Crippen molar-refractivity contribution in [2.75, 3.05) is 0 Å². The summed E-state index contributed by atoms with van der Waals surface area (Å²) in [4.78, 5) is 26.4. The van der Waals surface area contributed by atoms with Crippen molar-refractivity contribution in [3.63, 3.8) is 0 Å². The molecule has 210 valence electrons. The molecule has 0 heterocycles. The molecule has 0 radical (unpaired) electrons. The second-order valence-corrected chi connectivity index (χ2v) is 14.9. The zero-order valence-electron chi connectivity index (χ0n) is 25.7. The van der Waals surface area contributed by atoms with Crippen molar-refractivity contribution in [1.29, 1.82) is 0 Å². The van der Waals surface area contributed by atoms with Crippen LogP contribution >= 0.6 is 0 Å². The highest BCUT2D eigenvalue weighted by Crippen LogP contribution is 2.45. The Morgan fingerprint density at radius 1 is 0.684 bits per heavy atom. The van der Waals surface area contributed by atoms with Gasteiger partial charge in [-0.25, -0.2) is 0 Å². The van der Waals surface area contributed by atoms with Crippen LogP contribution < -0.4 is 0 Å². The van der Waals surface area contributed by atoms with Gasteiger partial charge >= 0.3 is 5.97 Å². The fraction of sp³-hybridized carbons (Fsp3) is 0.576. The number of rotatable bonds is 5. The quantitative estimate of drug-likeness (QED) is 0.347. The number of hydrogen-bond donors (Lipinski definition) is 3. The minimum atomic E-state index is -0.944. The molecule has 0 amide bonds. The monoisotopic (exact) mass is 524 g/mol. The molecular weight excluding hydrogens is 476 g/mol. The van der Waals surface area contributed by atoms with E-state index in [0.29, 0.717) is 38.9 Å². The van der Waals surface area contributed by atoms with Gasteiger partial charge in [0.15, 0.2) is 5.78 Å². The van der Waals surface area contributed by atoms with Crippen molar-refractivity contribution in [3.8, 4) is 11.5 Å². The number of hydrogen-bond acceptors (Lipinski definition) is 4. The average Bonchev–Trinajstić information content (AvgIpc) is 2.70. The molecule has 0 spiro atoms. The lowest BCUT2D eigenvalue weighted by molar-refractivity contribution is -0.141. The summed E-state index contributed by atoms with van der Waals surface area (Å²) in [5.74, 6) is -1.69. The number of carbonyl (C=O) groups excluding carboxylic acids is 1. The van der Waals surface area contributed by atoms with Crippen molar-refractivity contribution >= 4 is 11.8 Å². The summed E-state index contributed by atoms with van der Waals surface area (Å²) < 4.78 is 0. The molecule has 0 bridgehead atoms. The van der Waals surface area contributed by atoms with Gasteiger partial charge < -0.3 is 15.3 Å². The van der Waals surface area contributed by atoms with E-state index in [4.69, 9.17) is 0 Å². The van der Waals surface area contributed by atoms with Crippen LogP contribution in [0.3, 0.4) is 0 Å². The first-order valence-electron chi connectivity index (χ1n) is 13.4. The van der Waals surface area contributed by atoms with Crippen LogP contribution in [0.5, 0.6) is 11.5 Å². The molecule has 0 fully saturated rings. The van der Waals surface area contributed by atoms with E-state index < -0.39 is 33.5 Å². The van der Waals surface area contributed by atoms with E-state index in [1.165, 1.54) is 0 Å². The van der Waals surface area contributed by atoms with Crippen LogP contribution in [0.4, 0.5) is 0 Å². The Morgan fingerprint density at radius 2 is 1.08 bits per heavy atom. The normalized spacial score (nSPS) is 13.9. The largest absolute Gasteiger partial charge is 0.507 e. The first kappa shape index (κ1) is 31.4. The molecule has 0 aliphatic carbocycles. The van der Waals surface area contributed by atoms with Gasteiger partial charge in [0.1, 0.15) is 11.5 Å². The van der Waals surface area contributed by atoms with Gasteiger partial charge in [0.25, 0.3) is 0 Å². The van der Waals surface area contributed by atoms with Crippen LogP contribution in [0.25, 0.3) is 0 Å². The smallest absolute Gasteiger partial charge is 0.306 e. The van der Waals surface area contributed by atoms with Crippen LogP contribution in [0.2, 0.25) is 0 Å². The molecule has 3 N–H and O–H groups in total. The number of carboxylic acid groups (broad SMARTS) is 1. The second-order valence-electron chi connectivity index (χ2n) is 14.9. The number of phenolic OH excluding ortho intramolecular Hbond substituents is 2. The molecule has 0 aromatic heterocycles. The van der Waals surface area contributed by atoms with E-state index in [2.05, 4.69) is 0 Å². The van der Waals surface area contributed by atoms with Crippen molar-refractivity contribution in [2.24, 2.45) is 5.92 Å². The van der Waals surface area contributed by atoms with Crippen LogP contribution in [0.1, 0.15) is 134 Å². The lowest BCUT2D eigenvalue weighted by Crippen LogP contribution is -2.25. The third-order valence-electron chi connectivity index (χ3n) is 7.10. The first-order chi connectivity index (χ1) is 16.9. The topological polar surface area (TPSA) is 94.8 Å². The van der Waals surface area contributed by atoms with Crippen molar-refractivity contribution in [1.82, 2.24) is 0 Å². The molecule has 0 saturated carbocycles. The average molecular weight is 525 g/mol. The summed E-state index contributed by atoms with van der Waals surface area (Å²) in [6, 6.07) is 5.31. The Bertz CT molecular complexity index is 1200. The molecule has 2 rings (SSSR count). The van der Waals surface area contributed by atoms with Gasteiger partial charge in [0, 0.05) is 27.8 Å². The summed E-state index contributed by atoms with van der Waals surface area (Å²) in [5, 5.41) is 32.5.